The van der Waals surface area contributed by atoms with Gasteiger partial charge in [0.05, 0.1) is 0 Å². The van der Waals surface area contributed by atoms with E-state index in [1.807, 2.05) is 43.3 Å². The highest BCUT2D eigenvalue weighted by molar-refractivity contribution is 9.10. The van der Waals surface area contributed by atoms with Gasteiger partial charge in [0.2, 0.25) is 0 Å². The molecule has 2 aromatic rings. The second-order valence-electron chi connectivity index (χ2n) is 4.18. The third-order valence-electron chi connectivity index (χ3n) is 2.74. The second kappa shape index (κ2) is 7.10. The van der Waals surface area contributed by atoms with E-state index in [1.165, 1.54) is 0 Å². The number of ether oxygens (including phenoxy) is 2. The number of aryl methyl sites for hydroxylation is 1. The summed E-state index contributed by atoms with van der Waals surface area (Å²) in [5, 5.41) is 0. The van der Waals surface area contributed by atoms with Crippen LogP contribution in [0.5, 0.6) is 11.5 Å². The minimum Gasteiger partial charge on any atom is -0.482 e. The van der Waals surface area contributed by atoms with Crippen molar-refractivity contribution in [3.05, 3.63) is 58.6 Å². The van der Waals surface area contributed by atoms with E-state index >= 15 is 0 Å². The van der Waals surface area contributed by atoms with Crippen LogP contribution >= 0.6 is 15.9 Å². The molecule has 2 rings (SSSR count). The molecule has 0 atom stereocenters. The fourth-order valence-corrected chi connectivity index (χ4v) is 2.00. The summed E-state index contributed by atoms with van der Waals surface area (Å²) in [5.41, 5.74) is 1.07. The number of esters is 1. The molecule has 0 radical (unpaired) electrons. The molecule has 0 amide bonds. The Labute approximate surface area is 126 Å². The zero-order chi connectivity index (χ0) is 14.4. The van der Waals surface area contributed by atoms with Crippen molar-refractivity contribution in [1.29, 1.82) is 0 Å². The summed E-state index contributed by atoms with van der Waals surface area (Å²) in [6.07, 6.45) is 0.859. The maximum Gasteiger partial charge on any atom is 0.349 e. The third-order valence-corrected chi connectivity index (χ3v) is 3.27. The minimum absolute atomic E-state index is 0.104. The van der Waals surface area contributed by atoms with Gasteiger partial charge >= 0.3 is 5.97 Å². The summed E-state index contributed by atoms with van der Waals surface area (Å²) in [7, 11) is 0. The molecule has 0 aliphatic carbocycles. The van der Waals surface area contributed by atoms with Crippen molar-refractivity contribution in [2.75, 3.05) is 6.61 Å². The van der Waals surface area contributed by atoms with Crippen LogP contribution in [-0.4, -0.2) is 12.6 Å². The largest absolute Gasteiger partial charge is 0.482 e. The number of para-hydroxylation sites is 1. The Hall–Kier alpha value is -1.81. The molecule has 0 saturated heterocycles. The molecule has 0 aliphatic heterocycles. The molecule has 104 valence electrons. The Morgan fingerprint density at radius 1 is 1.10 bits per heavy atom. The molecular formula is C16H15BrO3. The predicted molar refractivity (Wildman–Crippen MR) is 81.1 cm³/mol. The molecule has 3 nitrogen and oxygen atoms in total. The number of halogens is 1. The molecule has 4 heteroatoms. The number of carbonyl (C=O) groups is 1. The van der Waals surface area contributed by atoms with Gasteiger partial charge in [0.15, 0.2) is 6.61 Å². The summed E-state index contributed by atoms with van der Waals surface area (Å²) in [4.78, 5) is 11.7. The van der Waals surface area contributed by atoms with Gasteiger partial charge in [-0.05, 0) is 42.3 Å². The van der Waals surface area contributed by atoms with Crippen LogP contribution in [0.4, 0.5) is 0 Å². The van der Waals surface area contributed by atoms with Crippen molar-refractivity contribution in [3.63, 3.8) is 0 Å². The van der Waals surface area contributed by atoms with Gasteiger partial charge in [0.25, 0.3) is 0 Å². The third kappa shape index (κ3) is 4.10. The Kier molecular flexibility index (Phi) is 5.18. The first-order valence-electron chi connectivity index (χ1n) is 6.36. The summed E-state index contributed by atoms with van der Waals surface area (Å²) in [5.74, 6) is 0.812. The molecule has 0 unspecified atom stereocenters. The Morgan fingerprint density at radius 3 is 2.50 bits per heavy atom. The van der Waals surface area contributed by atoms with Crippen LogP contribution in [0.2, 0.25) is 0 Å². The molecule has 0 heterocycles. The maximum absolute atomic E-state index is 11.7. The van der Waals surface area contributed by atoms with Crippen molar-refractivity contribution in [2.45, 2.75) is 13.3 Å². The molecule has 0 spiro atoms. The fraction of sp³-hybridized carbons (Fsp3) is 0.188. The molecular weight excluding hydrogens is 320 g/mol. The number of rotatable bonds is 5. The molecule has 0 saturated carbocycles. The number of carbonyl (C=O) groups excluding carboxylic acids is 1. The van der Waals surface area contributed by atoms with Gasteiger partial charge < -0.3 is 9.47 Å². The minimum atomic E-state index is -0.418. The molecule has 20 heavy (non-hydrogen) atoms. The van der Waals surface area contributed by atoms with Crippen molar-refractivity contribution in [2.24, 2.45) is 0 Å². The van der Waals surface area contributed by atoms with E-state index in [-0.39, 0.29) is 6.61 Å². The van der Waals surface area contributed by atoms with E-state index < -0.39 is 5.97 Å². The lowest BCUT2D eigenvalue weighted by Gasteiger charge is -2.10. The lowest BCUT2D eigenvalue weighted by atomic mass is 10.1. The molecule has 0 fully saturated rings. The Bertz CT molecular complexity index is 579. The molecule has 0 N–H and O–H groups in total. The van der Waals surface area contributed by atoms with Crippen molar-refractivity contribution in [1.82, 2.24) is 0 Å². The van der Waals surface area contributed by atoms with Crippen LogP contribution in [0.15, 0.2) is 53.0 Å². The standard InChI is InChI=1S/C16H15BrO3/c1-2-12-5-3-4-6-15(12)19-11-16(18)20-14-9-7-13(17)8-10-14/h3-10H,2,11H2,1H3. The number of benzene rings is 2. The van der Waals surface area contributed by atoms with Gasteiger partial charge in [-0.25, -0.2) is 4.79 Å². The Morgan fingerprint density at radius 2 is 1.80 bits per heavy atom. The van der Waals surface area contributed by atoms with Crippen LogP contribution in [-0.2, 0) is 11.2 Å². The van der Waals surface area contributed by atoms with E-state index in [9.17, 15) is 4.79 Å². The highest BCUT2D eigenvalue weighted by Gasteiger charge is 2.08. The van der Waals surface area contributed by atoms with Gasteiger partial charge in [-0.2, -0.15) is 0 Å². The molecule has 0 aliphatic rings. The topological polar surface area (TPSA) is 35.5 Å². The van der Waals surface area contributed by atoms with Crippen LogP contribution in [0.3, 0.4) is 0 Å². The van der Waals surface area contributed by atoms with Crippen molar-refractivity contribution >= 4 is 21.9 Å². The van der Waals surface area contributed by atoms with Crippen LogP contribution in [0.25, 0.3) is 0 Å². The van der Waals surface area contributed by atoms with E-state index in [1.54, 1.807) is 12.1 Å². The summed E-state index contributed by atoms with van der Waals surface area (Å²) < 4.78 is 11.6. The average molecular weight is 335 g/mol. The zero-order valence-electron chi connectivity index (χ0n) is 11.1. The van der Waals surface area contributed by atoms with Gasteiger partial charge in [-0.3, -0.25) is 0 Å². The first-order chi connectivity index (χ1) is 9.69. The Balaban J connectivity index is 1.90. The van der Waals surface area contributed by atoms with E-state index in [0.717, 1.165) is 22.2 Å². The fourth-order valence-electron chi connectivity index (χ4n) is 1.74. The quantitative estimate of drug-likeness (QED) is 0.612. The number of hydrogen-bond acceptors (Lipinski definition) is 3. The predicted octanol–water partition coefficient (Wildman–Crippen LogP) is 4.00. The van der Waals surface area contributed by atoms with Gasteiger partial charge in [-0.1, -0.05) is 41.1 Å². The lowest BCUT2D eigenvalue weighted by Crippen LogP contribution is -2.18. The first kappa shape index (κ1) is 14.6. The molecule has 0 aromatic heterocycles. The summed E-state index contributed by atoms with van der Waals surface area (Å²) in [6, 6.07) is 14.7. The van der Waals surface area contributed by atoms with Crippen molar-refractivity contribution in [3.8, 4) is 11.5 Å². The molecule has 2 aromatic carbocycles. The maximum atomic E-state index is 11.7. The molecule has 0 bridgehead atoms. The number of hydrogen-bond donors (Lipinski definition) is 0. The van der Waals surface area contributed by atoms with Gasteiger partial charge in [-0.15, -0.1) is 0 Å². The van der Waals surface area contributed by atoms with E-state index in [0.29, 0.717) is 5.75 Å². The van der Waals surface area contributed by atoms with Crippen molar-refractivity contribution < 1.29 is 14.3 Å². The van der Waals surface area contributed by atoms with E-state index in [4.69, 9.17) is 9.47 Å². The average Bonchev–Trinajstić information content (AvgIpc) is 2.48. The van der Waals surface area contributed by atoms with Gasteiger partial charge in [0.1, 0.15) is 11.5 Å². The van der Waals surface area contributed by atoms with Crippen LogP contribution in [0.1, 0.15) is 12.5 Å². The highest BCUT2D eigenvalue weighted by Crippen LogP contribution is 2.19. The summed E-state index contributed by atoms with van der Waals surface area (Å²) in [6.45, 7) is 1.94. The SMILES string of the molecule is CCc1ccccc1OCC(=O)Oc1ccc(Br)cc1. The normalized spacial score (nSPS) is 10.1. The van der Waals surface area contributed by atoms with Crippen LogP contribution in [0, 0.1) is 0 Å². The summed E-state index contributed by atoms with van der Waals surface area (Å²) >= 11 is 3.32. The smallest absolute Gasteiger partial charge is 0.349 e. The van der Waals surface area contributed by atoms with Gasteiger partial charge in [0, 0.05) is 4.47 Å². The lowest BCUT2D eigenvalue weighted by molar-refractivity contribution is -0.136. The van der Waals surface area contributed by atoms with E-state index in [2.05, 4.69) is 15.9 Å². The zero-order valence-corrected chi connectivity index (χ0v) is 12.7. The highest BCUT2D eigenvalue weighted by atomic mass is 79.9. The first-order valence-corrected chi connectivity index (χ1v) is 7.15. The monoisotopic (exact) mass is 334 g/mol. The second-order valence-corrected chi connectivity index (χ2v) is 5.09. The van der Waals surface area contributed by atoms with Crippen LogP contribution < -0.4 is 9.47 Å².